The molecule has 2 heterocycles. The number of guanidine groups is 1. The minimum absolute atomic E-state index is 0. The average Bonchev–Trinajstić information content (AvgIpc) is 3.11. The van der Waals surface area contributed by atoms with Crippen LogP contribution in [0.4, 0.5) is 13.2 Å². The zero-order valence-corrected chi connectivity index (χ0v) is 17.2. The molecule has 26 heavy (non-hydrogen) atoms. The first-order valence-electron chi connectivity index (χ1n) is 8.38. The van der Waals surface area contributed by atoms with Gasteiger partial charge in [-0.05, 0) is 26.0 Å². The van der Waals surface area contributed by atoms with Crippen LogP contribution >= 0.6 is 24.0 Å². The molecule has 0 aliphatic carbocycles. The SMILES string of the molecule is CCNC(=NCC(O)c1ccco1)N1CCN(C(C)C(F)(F)F)CC1.I. The van der Waals surface area contributed by atoms with Crippen molar-refractivity contribution in [2.24, 2.45) is 4.99 Å². The third-order valence-corrected chi connectivity index (χ3v) is 4.26. The maximum Gasteiger partial charge on any atom is 0.403 e. The Kier molecular flexibility index (Phi) is 9.17. The number of piperazine rings is 1. The zero-order chi connectivity index (χ0) is 18.4. The molecule has 1 fully saturated rings. The largest absolute Gasteiger partial charge is 0.467 e. The van der Waals surface area contributed by atoms with E-state index in [4.69, 9.17) is 4.42 Å². The molecule has 0 radical (unpaired) electrons. The van der Waals surface area contributed by atoms with E-state index in [0.717, 1.165) is 0 Å². The van der Waals surface area contributed by atoms with Gasteiger partial charge in [0, 0.05) is 32.7 Å². The number of hydrogen-bond acceptors (Lipinski definition) is 4. The summed E-state index contributed by atoms with van der Waals surface area (Å²) in [6.45, 7) is 5.38. The molecule has 0 bridgehead atoms. The van der Waals surface area contributed by atoms with Crippen molar-refractivity contribution in [1.29, 1.82) is 0 Å². The number of aliphatic hydroxyl groups excluding tert-OH is 1. The van der Waals surface area contributed by atoms with E-state index in [1.165, 1.54) is 18.1 Å². The predicted molar refractivity (Wildman–Crippen MR) is 104 cm³/mol. The predicted octanol–water partition coefficient (Wildman–Crippen LogP) is 2.46. The first kappa shape index (κ1) is 23.0. The van der Waals surface area contributed by atoms with Gasteiger partial charge in [0.05, 0.1) is 12.8 Å². The fourth-order valence-corrected chi connectivity index (χ4v) is 2.70. The van der Waals surface area contributed by atoms with E-state index in [1.54, 1.807) is 12.1 Å². The van der Waals surface area contributed by atoms with Gasteiger partial charge in [0.2, 0.25) is 0 Å². The highest BCUT2D eigenvalue weighted by Gasteiger charge is 2.41. The molecule has 0 saturated carbocycles. The number of alkyl halides is 3. The lowest BCUT2D eigenvalue weighted by atomic mass is 10.2. The second-order valence-corrected chi connectivity index (χ2v) is 5.97. The molecule has 0 aromatic carbocycles. The second kappa shape index (κ2) is 10.4. The lowest BCUT2D eigenvalue weighted by molar-refractivity contribution is -0.181. The quantitative estimate of drug-likeness (QED) is 0.378. The molecule has 1 aromatic heterocycles. The topological polar surface area (TPSA) is 64.2 Å². The van der Waals surface area contributed by atoms with Gasteiger partial charge >= 0.3 is 6.18 Å². The van der Waals surface area contributed by atoms with Crippen molar-refractivity contribution in [3.63, 3.8) is 0 Å². The Morgan fingerprint density at radius 2 is 2.00 bits per heavy atom. The molecule has 2 N–H and O–H groups in total. The van der Waals surface area contributed by atoms with Crippen LogP contribution in [-0.2, 0) is 0 Å². The Balaban J connectivity index is 0.00000338. The third-order valence-electron chi connectivity index (χ3n) is 4.26. The molecule has 0 spiro atoms. The van der Waals surface area contributed by atoms with Gasteiger partial charge < -0.3 is 19.7 Å². The van der Waals surface area contributed by atoms with E-state index >= 15 is 0 Å². The molecular weight excluding hydrogens is 464 g/mol. The molecular formula is C16H26F3IN4O2. The number of aliphatic imine (C=N–C) groups is 1. The number of halogens is 4. The first-order valence-corrected chi connectivity index (χ1v) is 8.38. The van der Waals surface area contributed by atoms with Gasteiger partial charge in [0.25, 0.3) is 0 Å². The van der Waals surface area contributed by atoms with Gasteiger partial charge in [0.15, 0.2) is 5.96 Å². The molecule has 1 aliphatic heterocycles. The van der Waals surface area contributed by atoms with Crippen LogP contribution in [0, 0.1) is 0 Å². The maximum atomic E-state index is 12.8. The molecule has 1 aromatic rings. The Morgan fingerprint density at radius 1 is 1.35 bits per heavy atom. The number of furan rings is 1. The average molecular weight is 490 g/mol. The van der Waals surface area contributed by atoms with Crippen molar-refractivity contribution in [2.75, 3.05) is 39.3 Å². The minimum atomic E-state index is -4.21. The lowest BCUT2D eigenvalue weighted by Crippen LogP contribution is -2.56. The van der Waals surface area contributed by atoms with Crippen LogP contribution in [0.5, 0.6) is 0 Å². The van der Waals surface area contributed by atoms with Gasteiger partial charge in [-0.1, -0.05) is 0 Å². The molecule has 1 saturated heterocycles. The van der Waals surface area contributed by atoms with Crippen molar-refractivity contribution < 1.29 is 22.7 Å². The number of nitrogens with one attached hydrogen (secondary N) is 1. The summed E-state index contributed by atoms with van der Waals surface area (Å²) in [6, 6.07) is 1.91. The van der Waals surface area contributed by atoms with Crippen LogP contribution in [0.25, 0.3) is 0 Å². The Labute approximate surface area is 168 Å². The minimum Gasteiger partial charge on any atom is -0.467 e. The normalized spacial score (nSPS) is 19.0. The van der Waals surface area contributed by atoms with Crippen molar-refractivity contribution in [1.82, 2.24) is 15.1 Å². The molecule has 2 rings (SSSR count). The number of hydrogen-bond donors (Lipinski definition) is 2. The van der Waals surface area contributed by atoms with Crippen LogP contribution in [0.3, 0.4) is 0 Å². The monoisotopic (exact) mass is 490 g/mol. The highest BCUT2D eigenvalue weighted by Crippen LogP contribution is 2.25. The summed E-state index contributed by atoms with van der Waals surface area (Å²) in [5.41, 5.74) is 0. The summed E-state index contributed by atoms with van der Waals surface area (Å²) in [5, 5.41) is 13.2. The van der Waals surface area contributed by atoms with E-state index in [9.17, 15) is 18.3 Å². The number of rotatable bonds is 5. The molecule has 0 amide bonds. The molecule has 2 unspecified atom stereocenters. The molecule has 6 nitrogen and oxygen atoms in total. The molecule has 150 valence electrons. The molecule has 2 atom stereocenters. The summed E-state index contributed by atoms with van der Waals surface area (Å²) in [6.07, 6.45) is -3.59. The van der Waals surface area contributed by atoms with Crippen LogP contribution in [0.1, 0.15) is 25.7 Å². The summed E-state index contributed by atoms with van der Waals surface area (Å²) in [4.78, 5) is 7.74. The number of nitrogens with zero attached hydrogens (tertiary/aromatic N) is 3. The van der Waals surface area contributed by atoms with Crippen molar-refractivity contribution in [2.45, 2.75) is 32.2 Å². The number of aliphatic hydroxyl groups is 1. The van der Waals surface area contributed by atoms with Gasteiger partial charge in [-0.15, -0.1) is 24.0 Å². The van der Waals surface area contributed by atoms with Crippen molar-refractivity contribution in [3.05, 3.63) is 24.2 Å². The fourth-order valence-electron chi connectivity index (χ4n) is 2.70. The van der Waals surface area contributed by atoms with E-state index in [2.05, 4.69) is 10.3 Å². The zero-order valence-electron chi connectivity index (χ0n) is 14.9. The standard InChI is InChI=1S/C16H25F3N4O2.HI/c1-3-20-15(21-11-13(24)14-5-4-10-25-14)23-8-6-22(7-9-23)12(2)16(17,18)19;/h4-5,10,12-13,24H,3,6-9,11H2,1-2H3,(H,20,21);1H. The van der Waals surface area contributed by atoms with E-state index in [1.807, 2.05) is 11.8 Å². The fraction of sp³-hybridized carbons (Fsp3) is 0.688. The van der Waals surface area contributed by atoms with E-state index in [0.29, 0.717) is 44.4 Å². The van der Waals surface area contributed by atoms with Crippen molar-refractivity contribution >= 4 is 29.9 Å². The van der Waals surface area contributed by atoms with Crippen molar-refractivity contribution in [3.8, 4) is 0 Å². The lowest BCUT2D eigenvalue weighted by Gasteiger charge is -2.39. The third kappa shape index (κ3) is 6.31. The van der Waals surface area contributed by atoms with Gasteiger partial charge in [0.1, 0.15) is 17.9 Å². The van der Waals surface area contributed by atoms with Crippen LogP contribution in [0.2, 0.25) is 0 Å². The van der Waals surface area contributed by atoms with Gasteiger partial charge in [-0.25, -0.2) is 4.99 Å². The van der Waals surface area contributed by atoms with Gasteiger partial charge in [-0.3, -0.25) is 4.90 Å². The summed E-state index contributed by atoms with van der Waals surface area (Å²) < 4.78 is 43.6. The Morgan fingerprint density at radius 3 is 2.50 bits per heavy atom. The van der Waals surface area contributed by atoms with E-state index in [-0.39, 0.29) is 30.5 Å². The maximum absolute atomic E-state index is 12.8. The summed E-state index contributed by atoms with van der Waals surface area (Å²) in [7, 11) is 0. The van der Waals surface area contributed by atoms with E-state index < -0.39 is 18.3 Å². The Bertz CT molecular complexity index is 546. The smallest absolute Gasteiger partial charge is 0.403 e. The second-order valence-electron chi connectivity index (χ2n) is 5.97. The first-order chi connectivity index (χ1) is 11.8. The summed E-state index contributed by atoms with van der Waals surface area (Å²) >= 11 is 0. The van der Waals surface area contributed by atoms with Gasteiger partial charge in [-0.2, -0.15) is 13.2 Å². The van der Waals surface area contributed by atoms with Crippen LogP contribution < -0.4 is 5.32 Å². The highest BCUT2D eigenvalue weighted by molar-refractivity contribution is 14.0. The highest BCUT2D eigenvalue weighted by atomic mass is 127. The molecule has 10 heteroatoms. The Hall–Kier alpha value is -1.01. The van der Waals surface area contributed by atoms with Crippen LogP contribution in [-0.4, -0.2) is 72.4 Å². The summed E-state index contributed by atoms with van der Waals surface area (Å²) in [5.74, 6) is 1.02. The molecule has 1 aliphatic rings. The van der Waals surface area contributed by atoms with Crippen LogP contribution in [0.15, 0.2) is 27.8 Å².